The number of aryl methyl sites for hydroxylation is 1. The molecule has 0 heterocycles. The summed E-state index contributed by atoms with van der Waals surface area (Å²) in [6.45, 7) is 10.8. The normalized spacial score (nSPS) is 15.5. The van der Waals surface area contributed by atoms with Crippen molar-refractivity contribution in [2.75, 3.05) is 0 Å². The molecule has 2 heteroatoms. The third-order valence-electron chi connectivity index (χ3n) is 3.17. The van der Waals surface area contributed by atoms with Gasteiger partial charge in [0.05, 0.1) is 0 Å². The van der Waals surface area contributed by atoms with Gasteiger partial charge in [-0.2, -0.15) is 0 Å². The lowest BCUT2D eigenvalue weighted by Gasteiger charge is -2.25. The Bertz CT molecular complexity index is 393. The fourth-order valence-corrected chi connectivity index (χ4v) is 2.64. The van der Waals surface area contributed by atoms with Crippen molar-refractivity contribution in [1.29, 1.82) is 0 Å². The first-order valence-corrected chi connectivity index (χ1v) is 6.70. The maximum absolute atomic E-state index is 13.7. The number of hydrogen-bond acceptors (Lipinski definition) is 1. The van der Waals surface area contributed by atoms with Gasteiger partial charge in [-0.1, -0.05) is 45.4 Å². The third kappa shape index (κ3) is 4.77. The summed E-state index contributed by atoms with van der Waals surface area (Å²) in [5, 5.41) is 0. The maximum atomic E-state index is 13.7. The smallest absolute Gasteiger partial charge is 0.127 e. The Labute approximate surface area is 111 Å². The zero-order chi connectivity index (χ0) is 13.9. The van der Waals surface area contributed by atoms with Crippen LogP contribution in [0.1, 0.15) is 57.7 Å². The molecule has 1 rings (SSSR count). The second-order valence-corrected chi connectivity index (χ2v) is 6.74. The van der Waals surface area contributed by atoms with Crippen LogP contribution in [0.4, 0.5) is 4.39 Å². The van der Waals surface area contributed by atoms with Gasteiger partial charge in [0.15, 0.2) is 0 Å². The van der Waals surface area contributed by atoms with Gasteiger partial charge in [-0.25, -0.2) is 4.39 Å². The molecule has 0 aliphatic rings. The number of hydrogen-bond donors (Lipinski definition) is 1. The van der Waals surface area contributed by atoms with Gasteiger partial charge in [0.1, 0.15) is 5.82 Å². The van der Waals surface area contributed by atoms with Crippen molar-refractivity contribution in [2.24, 2.45) is 17.1 Å². The summed E-state index contributed by atoms with van der Waals surface area (Å²) >= 11 is 0. The van der Waals surface area contributed by atoms with Crippen LogP contribution in [-0.4, -0.2) is 0 Å². The van der Waals surface area contributed by atoms with Crippen molar-refractivity contribution < 1.29 is 4.39 Å². The molecule has 0 spiro atoms. The van der Waals surface area contributed by atoms with Crippen LogP contribution in [0.15, 0.2) is 18.2 Å². The number of halogens is 1. The molecular formula is C16H26FN. The van der Waals surface area contributed by atoms with E-state index in [1.54, 1.807) is 6.07 Å². The number of benzene rings is 1. The second kappa shape index (κ2) is 5.83. The Balaban J connectivity index is 2.70. The molecule has 1 aromatic carbocycles. The fourth-order valence-electron chi connectivity index (χ4n) is 2.64. The van der Waals surface area contributed by atoms with Gasteiger partial charge in [0.2, 0.25) is 0 Å². The van der Waals surface area contributed by atoms with Gasteiger partial charge in [0.25, 0.3) is 0 Å². The number of rotatable bonds is 4. The molecule has 0 aliphatic carbocycles. The van der Waals surface area contributed by atoms with Crippen molar-refractivity contribution in [3.8, 4) is 0 Å². The van der Waals surface area contributed by atoms with Gasteiger partial charge in [-0.15, -0.1) is 0 Å². The van der Waals surface area contributed by atoms with Crippen molar-refractivity contribution in [3.63, 3.8) is 0 Å². The molecule has 0 saturated heterocycles. The first-order chi connectivity index (χ1) is 8.19. The van der Waals surface area contributed by atoms with E-state index >= 15 is 0 Å². The van der Waals surface area contributed by atoms with E-state index in [1.165, 1.54) is 6.07 Å². The molecule has 18 heavy (non-hydrogen) atoms. The Hall–Kier alpha value is -0.890. The van der Waals surface area contributed by atoms with Crippen LogP contribution in [0.3, 0.4) is 0 Å². The number of nitrogens with two attached hydrogens (primary N) is 1. The van der Waals surface area contributed by atoms with E-state index in [2.05, 4.69) is 27.7 Å². The van der Waals surface area contributed by atoms with E-state index < -0.39 is 0 Å². The maximum Gasteiger partial charge on any atom is 0.127 e. The van der Waals surface area contributed by atoms with E-state index in [1.807, 2.05) is 13.0 Å². The van der Waals surface area contributed by atoms with Crippen LogP contribution in [-0.2, 0) is 0 Å². The SMILES string of the molecule is Cc1ccc(F)c(C(N)CC(C)CC(C)(C)C)c1. The van der Waals surface area contributed by atoms with Gasteiger partial charge in [-0.3, -0.25) is 0 Å². The molecule has 1 nitrogen and oxygen atoms in total. The minimum atomic E-state index is -0.206. The molecule has 0 bridgehead atoms. The topological polar surface area (TPSA) is 26.0 Å². The van der Waals surface area contributed by atoms with Crippen LogP contribution >= 0.6 is 0 Å². The molecule has 2 unspecified atom stereocenters. The second-order valence-electron chi connectivity index (χ2n) is 6.74. The van der Waals surface area contributed by atoms with Crippen LogP contribution < -0.4 is 5.73 Å². The highest BCUT2D eigenvalue weighted by Crippen LogP contribution is 2.30. The summed E-state index contributed by atoms with van der Waals surface area (Å²) in [6.07, 6.45) is 1.94. The lowest BCUT2D eigenvalue weighted by molar-refractivity contribution is 0.285. The van der Waals surface area contributed by atoms with Crippen molar-refractivity contribution in [1.82, 2.24) is 0 Å². The summed E-state index contributed by atoms with van der Waals surface area (Å²) < 4.78 is 13.7. The minimum Gasteiger partial charge on any atom is -0.324 e. The summed E-state index contributed by atoms with van der Waals surface area (Å²) in [5.74, 6) is 0.316. The zero-order valence-corrected chi connectivity index (χ0v) is 12.3. The molecule has 0 aliphatic heterocycles. The monoisotopic (exact) mass is 251 g/mol. The molecule has 0 radical (unpaired) electrons. The summed E-state index contributed by atoms with van der Waals surface area (Å²) in [7, 11) is 0. The Morgan fingerprint density at radius 3 is 2.44 bits per heavy atom. The Kier molecular flexibility index (Phi) is 4.92. The van der Waals surface area contributed by atoms with Crippen LogP contribution in [0.2, 0.25) is 0 Å². The molecule has 1 aromatic rings. The molecule has 0 amide bonds. The summed E-state index contributed by atoms with van der Waals surface area (Å²) in [6, 6.07) is 4.95. The Morgan fingerprint density at radius 2 is 1.89 bits per heavy atom. The molecular weight excluding hydrogens is 225 g/mol. The molecule has 0 fully saturated rings. The summed E-state index contributed by atoms with van der Waals surface area (Å²) in [4.78, 5) is 0. The fraction of sp³-hybridized carbons (Fsp3) is 0.625. The predicted molar refractivity (Wildman–Crippen MR) is 75.9 cm³/mol. The first kappa shape index (κ1) is 15.2. The third-order valence-corrected chi connectivity index (χ3v) is 3.17. The highest BCUT2D eigenvalue weighted by Gasteiger charge is 2.19. The highest BCUT2D eigenvalue weighted by atomic mass is 19.1. The summed E-state index contributed by atoms with van der Waals surface area (Å²) in [5.41, 5.74) is 8.15. The first-order valence-electron chi connectivity index (χ1n) is 6.70. The largest absolute Gasteiger partial charge is 0.324 e. The average molecular weight is 251 g/mol. The molecule has 2 atom stereocenters. The predicted octanol–water partition coefficient (Wildman–Crippen LogP) is 4.60. The molecule has 102 valence electrons. The van der Waals surface area contributed by atoms with Gasteiger partial charge in [0, 0.05) is 11.6 Å². The quantitative estimate of drug-likeness (QED) is 0.831. The van der Waals surface area contributed by atoms with E-state index in [0.717, 1.165) is 18.4 Å². The van der Waals surface area contributed by atoms with Crippen LogP contribution in [0, 0.1) is 24.1 Å². The molecule has 2 N–H and O–H groups in total. The average Bonchev–Trinajstić information content (AvgIpc) is 2.18. The van der Waals surface area contributed by atoms with E-state index in [0.29, 0.717) is 16.9 Å². The lowest BCUT2D eigenvalue weighted by Crippen LogP contribution is -2.19. The van der Waals surface area contributed by atoms with Crippen molar-refractivity contribution >= 4 is 0 Å². The van der Waals surface area contributed by atoms with E-state index in [-0.39, 0.29) is 11.9 Å². The van der Waals surface area contributed by atoms with Gasteiger partial charge < -0.3 is 5.73 Å². The van der Waals surface area contributed by atoms with Crippen molar-refractivity contribution in [2.45, 2.75) is 53.5 Å². The standard InChI is InChI=1S/C16H26FN/c1-11-6-7-14(17)13(8-11)15(18)9-12(2)10-16(3,4)5/h6-8,12,15H,9-10,18H2,1-5H3. The van der Waals surface area contributed by atoms with Crippen LogP contribution in [0.25, 0.3) is 0 Å². The highest BCUT2D eigenvalue weighted by molar-refractivity contribution is 5.26. The van der Waals surface area contributed by atoms with Gasteiger partial charge in [-0.05, 0) is 37.2 Å². The minimum absolute atomic E-state index is 0.184. The van der Waals surface area contributed by atoms with E-state index in [9.17, 15) is 4.39 Å². The Morgan fingerprint density at radius 1 is 1.28 bits per heavy atom. The lowest BCUT2D eigenvalue weighted by atomic mass is 9.82. The van der Waals surface area contributed by atoms with Gasteiger partial charge >= 0.3 is 0 Å². The van der Waals surface area contributed by atoms with Crippen LogP contribution in [0.5, 0.6) is 0 Å². The van der Waals surface area contributed by atoms with E-state index in [4.69, 9.17) is 5.73 Å². The molecule has 0 saturated carbocycles. The zero-order valence-electron chi connectivity index (χ0n) is 12.3. The molecule has 0 aromatic heterocycles. The van der Waals surface area contributed by atoms with Crippen molar-refractivity contribution in [3.05, 3.63) is 35.1 Å².